The molecule has 0 saturated carbocycles. The lowest BCUT2D eigenvalue weighted by Crippen LogP contribution is -2.12. The predicted octanol–water partition coefficient (Wildman–Crippen LogP) is 3.09. The van der Waals surface area contributed by atoms with Gasteiger partial charge in [0, 0.05) is 29.1 Å². The predicted molar refractivity (Wildman–Crippen MR) is 73.0 cm³/mol. The summed E-state index contributed by atoms with van der Waals surface area (Å²) in [5, 5.41) is 0.556. The van der Waals surface area contributed by atoms with Gasteiger partial charge >= 0.3 is 0 Å². The molecule has 0 atom stereocenters. The summed E-state index contributed by atoms with van der Waals surface area (Å²) >= 11 is 1.27. The SMILES string of the molecule is CC(C)(C)c1nsc(Oc2ccccc2CN)n1. The van der Waals surface area contributed by atoms with Gasteiger partial charge in [-0.1, -0.05) is 39.0 Å². The van der Waals surface area contributed by atoms with Gasteiger partial charge in [-0.3, -0.25) is 0 Å². The molecule has 96 valence electrons. The van der Waals surface area contributed by atoms with Crippen LogP contribution in [0.4, 0.5) is 0 Å². The van der Waals surface area contributed by atoms with E-state index < -0.39 is 0 Å². The summed E-state index contributed by atoms with van der Waals surface area (Å²) < 4.78 is 10.1. The summed E-state index contributed by atoms with van der Waals surface area (Å²) in [5.74, 6) is 1.55. The number of para-hydroxylation sites is 1. The highest BCUT2D eigenvalue weighted by atomic mass is 32.1. The largest absolute Gasteiger partial charge is 0.430 e. The molecule has 18 heavy (non-hydrogen) atoms. The Kier molecular flexibility index (Phi) is 3.63. The van der Waals surface area contributed by atoms with Gasteiger partial charge in [-0.25, -0.2) is 0 Å². The number of hydrogen-bond acceptors (Lipinski definition) is 5. The van der Waals surface area contributed by atoms with Crippen molar-refractivity contribution in [2.24, 2.45) is 5.73 Å². The fraction of sp³-hybridized carbons (Fsp3) is 0.385. The molecule has 1 heterocycles. The van der Waals surface area contributed by atoms with E-state index >= 15 is 0 Å². The topological polar surface area (TPSA) is 61.0 Å². The zero-order chi connectivity index (χ0) is 13.2. The van der Waals surface area contributed by atoms with Crippen LogP contribution in [0, 0.1) is 0 Å². The van der Waals surface area contributed by atoms with Gasteiger partial charge in [0.15, 0.2) is 5.82 Å². The second kappa shape index (κ2) is 5.04. The molecule has 0 bridgehead atoms. The van der Waals surface area contributed by atoms with Crippen LogP contribution in [-0.2, 0) is 12.0 Å². The number of benzene rings is 1. The molecule has 0 amide bonds. The monoisotopic (exact) mass is 263 g/mol. The molecular formula is C13H17N3OS. The molecule has 0 fully saturated rings. The van der Waals surface area contributed by atoms with Gasteiger partial charge in [-0.15, -0.1) is 0 Å². The number of rotatable bonds is 3. The van der Waals surface area contributed by atoms with Gasteiger partial charge in [0.2, 0.25) is 0 Å². The number of ether oxygens (including phenoxy) is 1. The Morgan fingerprint density at radius 2 is 2.00 bits per heavy atom. The molecule has 1 aromatic heterocycles. The fourth-order valence-corrected chi connectivity index (χ4v) is 2.16. The van der Waals surface area contributed by atoms with Crippen LogP contribution in [-0.4, -0.2) is 9.36 Å². The smallest absolute Gasteiger partial charge is 0.298 e. The normalized spacial score (nSPS) is 11.6. The highest BCUT2D eigenvalue weighted by molar-refractivity contribution is 7.07. The first-order valence-corrected chi connectivity index (χ1v) is 6.58. The molecule has 2 rings (SSSR count). The van der Waals surface area contributed by atoms with Gasteiger partial charge in [-0.2, -0.15) is 9.36 Å². The van der Waals surface area contributed by atoms with Crippen LogP contribution in [0.5, 0.6) is 10.9 Å². The Morgan fingerprint density at radius 3 is 2.61 bits per heavy atom. The average molecular weight is 263 g/mol. The van der Waals surface area contributed by atoms with E-state index in [9.17, 15) is 0 Å². The van der Waals surface area contributed by atoms with Crippen LogP contribution in [0.1, 0.15) is 32.2 Å². The molecule has 4 nitrogen and oxygen atoms in total. The first kappa shape index (κ1) is 13.0. The van der Waals surface area contributed by atoms with Crippen molar-refractivity contribution in [2.75, 3.05) is 0 Å². The highest BCUT2D eigenvalue weighted by Crippen LogP contribution is 2.29. The number of nitrogens with two attached hydrogens (primary N) is 1. The molecule has 0 aliphatic heterocycles. The molecule has 1 aromatic carbocycles. The van der Waals surface area contributed by atoms with E-state index in [1.807, 2.05) is 24.3 Å². The van der Waals surface area contributed by atoms with Crippen LogP contribution in [0.25, 0.3) is 0 Å². The van der Waals surface area contributed by atoms with Gasteiger partial charge in [0.1, 0.15) is 5.75 Å². The number of nitrogens with zero attached hydrogens (tertiary/aromatic N) is 2. The van der Waals surface area contributed by atoms with Crippen LogP contribution in [0.15, 0.2) is 24.3 Å². The summed E-state index contributed by atoms with van der Waals surface area (Å²) in [6.45, 7) is 6.67. The maximum atomic E-state index is 5.74. The first-order chi connectivity index (χ1) is 8.50. The van der Waals surface area contributed by atoms with Crippen molar-refractivity contribution in [1.82, 2.24) is 9.36 Å². The quantitative estimate of drug-likeness (QED) is 0.924. The number of aromatic nitrogens is 2. The molecule has 2 aromatic rings. The minimum absolute atomic E-state index is 0.0640. The van der Waals surface area contributed by atoms with Crippen LogP contribution < -0.4 is 10.5 Å². The van der Waals surface area contributed by atoms with E-state index in [1.165, 1.54) is 11.5 Å². The standard InChI is InChI=1S/C13H17N3OS/c1-13(2,3)11-15-12(18-16-11)17-10-7-5-4-6-9(10)8-14/h4-7H,8,14H2,1-3H3. The minimum atomic E-state index is -0.0640. The third-order valence-corrected chi connectivity index (χ3v) is 3.06. The lowest BCUT2D eigenvalue weighted by Gasteiger charge is -2.12. The Bertz CT molecular complexity index is 531. The van der Waals surface area contributed by atoms with Crippen molar-refractivity contribution in [1.29, 1.82) is 0 Å². The van der Waals surface area contributed by atoms with Crippen molar-refractivity contribution >= 4 is 11.5 Å². The van der Waals surface area contributed by atoms with Gasteiger partial charge < -0.3 is 10.5 Å². The summed E-state index contributed by atoms with van der Waals surface area (Å²) in [6.07, 6.45) is 0. The second-order valence-corrected chi connectivity index (χ2v) is 5.76. The zero-order valence-electron chi connectivity index (χ0n) is 10.8. The third kappa shape index (κ3) is 2.86. The molecule has 2 N–H and O–H groups in total. The lowest BCUT2D eigenvalue weighted by atomic mass is 9.96. The molecule has 0 aliphatic rings. The van der Waals surface area contributed by atoms with E-state index in [2.05, 4.69) is 30.1 Å². The van der Waals surface area contributed by atoms with Crippen molar-refractivity contribution in [3.05, 3.63) is 35.7 Å². The number of hydrogen-bond donors (Lipinski definition) is 1. The molecule has 0 unspecified atom stereocenters. The van der Waals surface area contributed by atoms with E-state index in [-0.39, 0.29) is 5.41 Å². The molecule has 5 heteroatoms. The van der Waals surface area contributed by atoms with Gasteiger partial charge in [-0.05, 0) is 6.07 Å². The average Bonchev–Trinajstić information content (AvgIpc) is 2.78. The minimum Gasteiger partial charge on any atom is -0.430 e. The fourth-order valence-electron chi connectivity index (χ4n) is 1.42. The highest BCUT2D eigenvalue weighted by Gasteiger charge is 2.20. The van der Waals surface area contributed by atoms with Crippen molar-refractivity contribution in [3.8, 4) is 10.9 Å². The van der Waals surface area contributed by atoms with Crippen LogP contribution in [0.3, 0.4) is 0 Å². The van der Waals surface area contributed by atoms with Crippen LogP contribution in [0.2, 0.25) is 0 Å². The van der Waals surface area contributed by atoms with E-state index in [4.69, 9.17) is 10.5 Å². The molecule has 0 spiro atoms. The van der Waals surface area contributed by atoms with Gasteiger partial charge in [0.05, 0.1) is 0 Å². The molecular weight excluding hydrogens is 246 g/mol. The molecule has 0 saturated heterocycles. The maximum absolute atomic E-state index is 5.74. The second-order valence-electron chi connectivity index (χ2n) is 5.05. The van der Waals surface area contributed by atoms with E-state index in [0.717, 1.165) is 17.1 Å². The van der Waals surface area contributed by atoms with Crippen molar-refractivity contribution in [2.45, 2.75) is 32.7 Å². The Labute approximate surface area is 111 Å². The van der Waals surface area contributed by atoms with E-state index in [1.54, 1.807) is 0 Å². The van der Waals surface area contributed by atoms with Crippen LogP contribution >= 0.6 is 11.5 Å². The van der Waals surface area contributed by atoms with Crippen molar-refractivity contribution in [3.63, 3.8) is 0 Å². The Balaban J connectivity index is 2.22. The Hall–Kier alpha value is -1.46. The molecule has 0 radical (unpaired) electrons. The Morgan fingerprint density at radius 1 is 1.28 bits per heavy atom. The summed E-state index contributed by atoms with van der Waals surface area (Å²) in [6, 6.07) is 7.69. The lowest BCUT2D eigenvalue weighted by molar-refractivity contribution is 0.463. The van der Waals surface area contributed by atoms with E-state index in [0.29, 0.717) is 11.7 Å². The van der Waals surface area contributed by atoms with Crippen molar-refractivity contribution < 1.29 is 4.74 Å². The first-order valence-electron chi connectivity index (χ1n) is 5.80. The maximum Gasteiger partial charge on any atom is 0.298 e. The summed E-state index contributed by atoms with van der Waals surface area (Å²) in [7, 11) is 0. The molecule has 0 aliphatic carbocycles. The zero-order valence-corrected chi connectivity index (χ0v) is 11.6. The third-order valence-electron chi connectivity index (χ3n) is 2.47. The summed E-state index contributed by atoms with van der Waals surface area (Å²) in [5.41, 5.74) is 6.57. The summed E-state index contributed by atoms with van der Waals surface area (Å²) in [4.78, 5) is 4.40. The van der Waals surface area contributed by atoms with Gasteiger partial charge in [0.25, 0.3) is 5.19 Å².